The molecule has 1 aromatic carbocycles. The standard InChI is InChI=1S/C15H21N3OS/c1-3-20-15-7-5-4-6-14(15)12(2)17-13-10-16-18(11-13)8-9-19/h4-7,10-12,17,19H,3,8-9H2,1-2H3. The summed E-state index contributed by atoms with van der Waals surface area (Å²) in [5.74, 6) is 1.07. The van der Waals surface area contributed by atoms with Gasteiger partial charge in [0.25, 0.3) is 0 Å². The van der Waals surface area contributed by atoms with E-state index in [0.29, 0.717) is 6.54 Å². The maximum atomic E-state index is 8.90. The Hall–Kier alpha value is -1.46. The van der Waals surface area contributed by atoms with Gasteiger partial charge in [0.05, 0.1) is 25.0 Å². The minimum absolute atomic E-state index is 0.104. The SMILES string of the molecule is CCSc1ccccc1C(C)Nc1cnn(CCO)c1. The maximum absolute atomic E-state index is 8.90. The lowest BCUT2D eigenvalue weighted by Crippen LogP contribution is -2.07. The molecule has 1 heterocycles. The molecule has 1 aromatic heterocycles. The highest BCUT2D eigenvalue weighted by Crippen LogP contribution is 2.29. The van der Waals surface area contributed by atoms with Crippen molar-refractivity contribution in [3.05, 3.63) is 42.2 Å². The van der Waals surface area contributed by atoms with Crippen LogP contribution < -0.4 is 5.32 Å². The summed E-state index contributed by atoms with van der Waals surface area (Å²) in [6, 6.07) is 8.69. The summed E-state index contributed by atoms with van der Waals surface area (Å²) >= 11 is 1.86. The van der Waals surface area contributed by atoms with Gasteiger partial charge in [-0.1, -0.05) is 25.1 Å². The van der Waals surface area contributed by atoms with E-state index in [9.17, 15) is 0 Å². The Kier molecular flexibility index (Phi) is 5.49. The number of anilines is 1. The Morgan fingerprint density at radius 2 is 2.20 bits per heavy atom. The minimum Gasteiger partial charge on any atom is -0.394 e. The van der Waals surface area contributed by atoms with Crippen LogP contribution in [0.3, 0.4) is 0 Å². The van der Waals surface area contributed by atoms with Crippen LogP contribution in [0.1, 0.15) is 25.5 Å². The number of hydrogen-bond acceptors (Lipinski definition) is 4. The number of aliphatic hydroxyl groups is 1. The zero-order valence-electron chi connectivity index (χ0n) is 11.9. The summed E-state index contributed by atoms with van der Waals surface area (Å²) in [6.07, 6.45) is 3.71. The van der Waals surface area contributed by atoms with Gasteiger partial charge < -0.3 is 10.4 Å². The van der Waals surface area contributed by atoms with Gasteiger partial charge in [-0.15, -0.1) is 11.8 Å². The Balaban J connectivity index is 2.08. The number of hydrogen-bond donors (Lipinski definition) is 2. The van der Waals surface area contributed by atoms with Crippen LogP contribution in [0.4, 0.5) is 5.69 Å². The van der Waals surface area contributed by atoms with E-state index in [0.717, 1.165) is 11.4 Å². The highest BCUT2D eigenvalue weighted by molar-refractivity contribution is 7.99. The van der Waals surface area contributed by atoms with Crippen molar-refractivity contribution in [1.82, 2.24) is 9.78 Å². The molecule has 0 spiro atoms. The Bertz CT molecular complexity index is 541. The fourth-order valence-electron chi connectivity index (χ4n) is 2.12. The van der Waals surface area contributed by atoms with Crippen LogP contribution in [0.15, 0.2) is 41.6 Å². The second kappa shape index (κ2) is 7.36. The largest absolute Gasteiger partial charge is 0.394 e. The number of nitrogens with one attached hydrogen (secondary N) is 1. The first-order chi connectivity index (χ1) is 9.74. The molecule has 20 heavy (non-hydrogen) atoms. The van der Waals surface area contributed by atoms with Gasteiger partial charge in [-0.3, -0.25) is 4.68 Å². The van der Waals surface area contributed by atoms with Crippen molar-refractivity contribution in [2.75, 3.05) is 17.7 Å². The van der Waals surface area contributed by atoms with E-state index in [4.69, 9.17) is 5.11 Å². The number of rotatable bonds is 7. The summed E-state index contributed by atoms with van der Waals surface area (Å²) < 4.78 is 1.74. The smallest absolute Gasteiger partial charge is 0.0731 e. The Labute approximate surface area is 124 Å². The summed E-state index contributed by atoms with van der Waals surface area (Å²) in [4.78, 5) is 1.32. The predicted molar refractivity (Wildman–Crippen MR) is 84.2 cm³/mol. The molecular formula is C15H21N3OS. The van der Waals surface area contributed by atoms with E-state index in [1.165, 1.54) is 10.5 Å². The number of nitrogens with zero attached hydrogens (tertiary/aromatic N) is 2. The first-order valence-corrected chi connectivity index (χ1v) is 7.84. The summed E-state index contributed by atoms with van der Waals surface area (Å²) in [5.41, 5.74) is 2.27. The number of aliphatic hydroxyl groups excluding tert-OH is 1. The first kappa shape index (κ1) is 14.9. The van der Waals surface area contributed by atoms with Crippen molar-refractivity contribution >= 4 is 17.4 Å². The molecule has 4 nitrogen and oxygen atoms in total. The molecule has 2 N–H and O–H groups in total. The van der Waals surface area contributed by atoms with E-state index in [1.54, 1.807) is 10.9 Å². The highest BCUT2D eigenvalue weighted by Gasteiger charge is 2.11. The second-order valence-corrected chi connectivity index (χ2v) is 5.86. The lowest BCUT2D eigenvalue weighted by atomic mass is 10.1. The van der Waals surface area contributed by atoms with Crippen LogP contribution in [-0.4, -0.2) is 27.2 Å². The normalized spacial score (nSPS) is 12.3. The molecular weight excluding hydrogens is 270 g/mol. The van der Waals surface area contributed by atoms with Gasteiger partial charge in [0.1, 0.15) is 0 Å². The molecule has 5 heteroatoms. The fourth-order valence-corrected chi connectivity index (χ4v) is 3.01. The summed E-state index contributed by atoms with van der Waals surface area (Å²) in [5, 5.41) is 16.6. The van der Waals surface area contributed by atoms with E-state index < -0.39 is 0 Å². The average Bonchev–Trinajstić information content (AvgIpc) is 2.87. The topological polar surface area (TPSA) is 50.1 Å². The molecule has 0 fully saturated rings. The molecule has 0 aliphatic rings. The van der Waals surface area contributed by atoms with Crippen LogP contribution in [0, 0.1) is 0 Å². The molecule has 2 rings (SSSR count). The molecule has 0 aliphatic carbocycles. The van der Waals surface area contributed by atoms with Gasteiger partial charge in [0.15, 0.2) is 0 Å². The molecule has 0 saturated carbocycles. The van der Waals surface area contributed by atoms with Crippen molar-refractivity contribution in [2.24, 2.45) is 0 Å². The van der Waals surface area contributed by atoms with Gasteiger partial charge in [0.2, 0.25) is 0 Å². The third kappa shape index (κ3) is 3.77. The predicted octanol–water partition coefficient (Wildman–Crippen LogP) is 3.16. The second-order valence-electron chi connectivity index (χ2n) is 4.55. The molecule has 2 aromatic rings. The minimum atomic E-state index is 0.104. The molecule has 0 bridgehead atoms. The number of thioether (sulfide) groups is 1. The molecule has 0 amide bonds. The fraction of sp³-hybridized carbons (Fsp3) is 0.400. The number of benzene rings is 1. The molecule has 0 radical (unpaired) electrons. The molecule has 1 unspecified atom stereocenters. The van der Waals surface area contributed by atoms with Gasteiger partial charge in [-0.25, -0.2) is 0 Å². The quantitative estimate of drug-likeness (QED) is 0.769. The number of aromatic nitrogens is 2. The van der Waals surface area contributed by atoms with Crippen LogP contribution in [0.5, 0.6) is 0 Å². The maximum Gasteiger partial charge on any atom is 0.0731 e. The van der Waals surface area contributed by atoms with Gasteiger partial charge >= 0.3 is 0 Å². The van der Waals surface area contributed by atoms with Crippen LogP contribution >= 0.6 is 11.8 Å². The molecule has 108 valence electrons. The molecule has 0 saturated heterocycles. The van der Waals surface area contributed by atoms with Crippen molar-refractivity contribution in [1.29, 1.82) is 0 Å². The van der Waals surface area contributed by atoms with Crippen LogP contribution in [0.2, 0.25) is 0 Å². The summed E-state index contributed by atoms with van der Waals surface area (Å²) in [7, 11) is 0. The van der Waals surface area contributed by atoms with E-state index in [-0.39, 0.29) is 12.6 Å². The third-order valence-corrected chi connectivity index (χ3v) is 4.00. The average molecular weight is 291 g/mol. The van der Waals surface area contributed by atoms with E-state index >= 15 is 0 Å². The highest BCUT2D eigenvalue weighted by atomic mass is 32.2. The van der Waals surface area contributed by atoms with E-state index in [1.807, 2.05) is 18.0 Å². The van der Waals surface area contributed by atoms with Gasteiger partial charge in [-0.05, 0) is 24.3 Å². The zero-order chi connectivity index (χ0) is 14.4. The third-order valence-electron chi connectivity index (χ3n) is 3.03. The Morgan fingerprint density at radius 3 is 2.95 bits per heavy atom. The first-order valence-electron chi connectivity index (χ1n) is 6.86. The van der Waals surface area contributed by atoms with Gasteiger partial charge in [-0.2, -0.15) is 5.10 Å². The lowest BCUT2D eigenvalue weighted by molar-refractivity contribution is 0.269. The van der Waals surface area contributed by atoms with Crippen molar-refractivity contribution in [3.8, 4) is 0 Å². The van der Waals surface area contributed by atoms with Crippen molar-refractivity contribution in [2.45, 2.75) is 31.3 Å². The van der Waals surface area contributed by atoms with Crippen LogP contribution in [0.25, 0.3) is 0 Å². The van der Waals surface area contributed by atoms with E-state index in [2.05, 4.69) is 48.5 Å². The molecule has 1 atom stereocenters. The van der Waals surface area contributed by atoms with Crippen LogP contribution in [-0.2, 0) is 6.54 Å². The van der Waals surface area contributed by atoms with Crippen molar-refractivity contribution < 1.29 is 5.11 Å². The zero-order valence-corrected chi connectivity index (χ0v) is 12.7. The molecule has 0 aliphatic heterocycles. The Morgan fingerprint density at radius 1 is 1.40 bits per heavy atom. The van der Waals surface area contributed by atoms with Gasteiger partial charge in [0, 0.05) is 17.1 Å². The lowest BCUT2D eigenvalue weighted by Gasteiger charge is -2.17. The van der Waals surface area contributed by atoms with Crippen molar-refractivity contribution in [3.63, 3.8) is 0 Å². The monoisotopic (exact) mass is 291 g/mol. The summed E-state index contributed by atoms with van der Waals surface area (Å²) in [6.45, 7) is 4.95.